The van der Waals surface area contributed by atoms with Crippen LogP contribution in [0.2, 0.25) is 0 Å². The molecule has 0 aliphatic heterocycles. The van der Waals surface area contributed by atoms with Gasteiger partial charge in [-0.15, -0.1) is 11.3 Å². The molecule has 0 N–H and O–H groups in total. The molecule has 8 rings (SSSR count). The minimum Gasteiger partial charge on any atom is -0.310 e. The Labute approximate surface area is 246 Å². The van der Waals surface area contributed by atoms with Gasteiger partial charge in [0.05, 0.1) is 0 Å². The Bertz CT molecular complexity index is 2120. The van der Waals surface area contributed by atoms with Crippen LogP contribution in [0.3, 0.4) is 0 Å². The maximum absolute atomic E-state index is 13.9. The van der Waals surface area contributed by atoms with Crippen LogP contribution in [-0.2, 0) is 12.8 Å². The molecule has 0 bridgehead atoms. The standard InChI is InChI=1S/C36H24N4OS/c41-35-30-17-24(36-38-21-37-22-39-36)14-15-33(30)42-34-20-25-16-23-8-7-13-32(29(23)18-26(25)19-31(34)35)40(27-9-3-1-4-10-27)28-11-5-2-6-12-28/h1-15,17,19-22H,16,18H2. The second kappa shape index (κ2) is 10.0. The van der Waals surface area contributed by atoms with E-state index in [1.54, 1.807) is 11.3 Å². The van der Waals surface area contributed by atoms with Gasteiger partial charge in [-0.3, -0.25) is 4.79 Å². The topological polar surface area (TPSA) is 59.0 Å². The van der Waals surface area contributed by atoms with Crippen LogP contribution in [0.15, 0.2) is 127 Å². The normalized spacial score (nSPS) is 12.2. The third kappa shape index (κ3) is 4.16. The highest BCUT2D eigenvalue weighted by Gasteiger charge is 2.24. The summed E-state index contributed by atoms with van der Waals surface area (Å²) in [5.74, 6) is 0.562. The van der Waals surface area contributed by atoms with Crippen LogP contribution in [-0.4, -0.2) is 15.0 Å². The highest BCUT2D eigenvalue weighted by molar-refractivity contribution is 7.24. The zero-order valence-corrected chi connectivity index (χ0v) is 23.4. The largest absolute Gasteiger partial charge is 0.310 e. The van der Waals surface area contributed by atoms with Gasteiger partial charge in [-0.1, -0.05) is 48.5 Å². The number of hydrogen-bond donors (Lipinski definition) is 0. The average Bonchev–Trinajstić information content (AvgIpc) is 3.05. The molecule has 0 atom stereocenters. The van der Waals surface area contributed by atoms with E-state index in [0.29, 0.717) is 11.2 Å². The van der Waals surface area contributed by atoms with Crippen molar-refractivity contribution >= 4 is 48.6 Å². The van der Waals surface area contributed by atoms with Crippen LogP contribution in [0.4, 0.5) is 17.1 Å². The smallest absolute Gasteiger partial charge is 0.195 e. The number of fused-ring (bicyclic) bond motifs is 4. The van der Waals surface area contributed by atoms with Gasteiger partial charge in [0.15, 0.2) is 11.3 Å². The van der Waals surface area contributed by atoms with Crippen molar-refractivity contribution in [2.45, 2.75) is 12.8 Å². The fourth-order valence-electron chi connectivity index (χ4n) is 6.02. The zero-order valence-electron chi connectivity index (χ0n) is 22.6. The van der Waals surface area contributed by atoms with E-state index in [-0.39, 0.29) is 5.43 Å². The molecule has 0 radical (unpaired) electrons. The fraction of sp³-hybridized carbons (Fsp3) is 0.0556. The van der Waals surface area contributed by atoms with Crippen molar-refractivity contribution < 1.29 is 0 Å². The van der Waals surface area contributed by atoms with Gasteiger partial charge in [-0.05, 0) is 89.3 Å². The lowest BCUT2D eigenvalue weighted by Gasteiger charge is -2.31. The molecule has 0 saturated carbocycles. The molecule has 7 aromatic rings. The van der Waals surface area contributed by atoms with E-state index >= 15 is 0 Å². The first-order valence-corrected chi connectivity index (χ1v) is 14.7. The molecule has 42 heavy (non-hydrogen) atoms. The van der Waals surface area contributed by atoms with Crippen LogP contribution in [0, 0.1) is 0 Å². The number of aromatic nitrogens is 3. The first kappa shape index (κ1) is 24.6. The molecular weight excluding hydrogens is 536 g/mol. The molecule has 6 heteroatoms. The number of rotatable bonds is 4. The lowest BCUT2D eigenvalue weighted by atomic mass is 9.84. The molecule has 5 nitrogen and oxygen atoms in total. The van der Waals surface area contributed by atoms with Crippen LogP contribution in [0.25, 0.3) is 31.6 Å². The minimum absolute atomic E-state index is 0.0479. The summed E-state index contributed by atoms with van der Waals surface area (Å²) in [5.41, 5.74) is 9.38. The SMILES string of the molecule is O=c1c2cc(-c3ncncn3)ccc2sc2cc3c(cc12)Cc1c(cccc1N(c1ccccc1)c1ccccc1)C3. The first-order chi connectivity index (χ1) is 20.7. The Morgan fingerprint density at radius 1 is 0.619 bits per heavy atom. The maximum Gasteiger partial charge on any atom is 0.195 e. The zero-order chi connectivity index (χ0) is 28.0. The Balaban J connectivity index is 1.26. The van der Waals surface area contributed by atoms with Crippen LogP contribution in [0.1, 0.15) is 22.3 Å². The molecule has 1 aliphatic rings. The summed E-state index contributed by atoms with van der Waals surface area (Å²) < 4.78 is 1.99. The van der Waals surface area contributed by atoms with Crippen molar-refractivity contribution in [3.63, 3.8) is 0 Å². The summed E-state index contributed by atoms with van der Waals surface area (Å²) in [6, 6.07) is 37.9. The second-order valence-electron chi connectivity index (χ2n) is 10.5. The quantitative estimate of drug-likeness (QED) is 0.203. The third-order valence-electron chi connectivity index (χ3n) is 8.01. The van der Waals surface area contributed by atoms with Crippen LogP contribution in [0.5, 0.6) is 0 Å². The van der Waals surface area contributed by atoms with Crippen molar-refractivity contribution in [3.8, 4) is 11.4 Å². The van der Waals surface area contributed by atoms with Crippen LogP contribution < -0.4 is 10.3 Å². The van der Waals surface area contributed by atoms with Crippen molar-refractivity contribution in [1.29, 1.82) is 0 Å². The molecule has 1 aliphatic carbocycles. The van der Waals surface area contributed by atoms with Gasteiger partial charge in [-0.25, -0.2) is 15.0 Å². The predicted octanol–water partition coefficient (Wildman–Crippen LogP) is 8.23. The van der Waals surface area contributed by atoms with Crippen LogP contribution >= 0.6 is 11.3 Å². The monoisotopic (exact) mass is 560 g/mol. The number of para-hydroxylation sites is 2. The molecular formula is C36H24N4OS. The van der Waals surface area contributed by atoms with Gasteiger partial charge in [-0.2, -0.15) is 0 Å². The molecule has 2 aromatic heterocycles. The van der Waals surface area contributed by atoms with Gasteiger partial charge in [0, 0.05) is 49.2 Å². The molecule has 0 amide bonds. The van der Waals surface area contributed by atoms with E-state index in [1.807, 2.05) is 30.3 Å². The molecule has 2 heterocycles. The summed E-state index contributed by atoms with van der Waals surface area (Å²) in [4.78, 5) is 28.7. The van der Waals surface area contributed by atoms with E-state index in [9.17, 15) is 4.79 Å². The highest BCUT2D eigenvalue weighted by atomic mass is 32.1. The Morgan fingerprint density at radius 3 is 2.05 bits per heavy atom. The van der Waals surface area contributed by atoms with E-state index in [4.69, 9.17) is 0 Å². The summed E-state index contributed by atoms with van der Waals surface area (Å²) in [5, 5.41) is 1.46. The maximum atomic E-state index is 13.9. The summed E-state index contributed by atoms with van der Waals surface area (Å²) in [7, 11) is 0. The summed E-state index contributed by atoms with van der Waals surface area (Å²) in [6.45, 7) is 0. The lowest BCUT2D eigenvalue weighted by Crippen LogP contribution is -2.16. The fourth-order valence-corrected chi connectivity index (χ4v) is 7.12. The average molecular weight is 561 g/mol. The van der Waals surface area contributed by atoms with Gasteiger partial charge in [0.2, 0.25) is 0 Å². The predicted molar refractivity (Wildman–Crippen MR) is 171 cm³/mol. The Morgan fingerprint density at radius 2 is 1.31 bits per heavy atom. The first-order valence-electron chi connectivity index (χ1n) is 13.9. The summed E-state index contributed by atoms with van der Waals surface area (Å²) >= 11 is 1.66. The number of nitrogens with zero attached hydrogens (tertiary/aromatic N) is 4. The van der Waals surface area contributed by atoms with E-state index in [1.165, 1.54) is 40.6 Å². The van der Waals surface area contributed by atoms with E-state index in [2.05, 4.69) is 98.7 Å². The molecule has 0 spiro atoms. The van der Waals surface area contributed by atoms with Gasteiger partial charge in [0.1, 0.15) is 12.7 Å². The molecule has 0 fully saturated rings. The van der Waals surface area contributed by atoms with Crippen molar-refractivity contribution in [3.05, 3.63) is 154 Å². The summed E-state index contributed by atoms with van der Waals surface area (Å²) in [6.07, 6.45) is 4.55. The molecule has 200 valence electrons. The number of anilines is 3. The Kier molecular flexibility index (Phi) is 5.86. The molecule has 5 aromatic carbocycles. The second-order valence-corrected chi connectivity index (χ2v) is 11.6. The van der Waals surface area contributed by atoms with E-state index in [0.717, 1.165) is 44.6 Å². The van der Waals surface area contributed by atoms with Gasteiger partial charge >= 0.3 is 0 Å². The minimum atomic E-state index is 0.0479. The Hall–Kier alpha value is -5.20. The highest BCUT2D eigenvalue weighted by Crippen LogP contribution is 2.42. The molecule has 0 saturated heterocycles. The van der Waals surface area contributed by atoms with Crippen molar-refractivity contribution in [2.24, 2.45) is 0 Å². The van der Waals surface area contributed by atoms with Gasteiger partial charge in [0.25, 0.3) is 0 Å². The number of hydrogen-bond acceptors (Lipinski definition) is 6. The lowest BCUT2D eigenvalue weighted by molar-refractivity contribution is 0.999. The van der Waals surface area contributed by atoms with Gasteiger partial charge < -0.3 is 4.90 Å². The third-order valence-corrected chi connectivity index (χ3v) is 9.14. The molecule has 0 unspecified atom stereocenters. The van der Waals surface area contributed by atoms with E-state index < -0.39 is 0 Å². The number of benzene rings is 5. The van der Waals surface area contributed by atoms with Crippen molar-refractivity contribution in [2.75, 3.05) is 4.90 Å². The van der Waals surface area contributed by atoms with Crippen molar-refractivity contribution in [1.82, 2.24) is 15.0 Å².